The molecule has 0 saturated heterocycles. The van der Waals surface area contributed by atoms with Crippen molar-refractivity contribution in [2.24, 2.45) is 0 Å². The van der Waals surface area contributed by atoms with Gasteiger partial charge in [-0.3, -0.25) is 9.55 Å². The third-order valence-corrected chi connectivity index (χ3v) is 6.48. The van der Waals surface area contributed by atoms with Crippen LogP contribution in [-0.2, 0) is 0 Å². The van der Waals surface area contributed by atoms with Gasteiger partial charge in [0.15, 0.2) is 0 Å². The van der Waals surface area contributed by atoms with Gasteiger partial charge >= 0.3 is 0 Å². The molecule has 0 spiro atoms. The lowest BCUT2D eigenvalue weighted by Crippen LogP contribution is -1.99. The second-order valence-corrected chi connectivity index (χ2v) is 8.79. The molecule has 5 heterocycles. The van der Waals surface area contributed by atoms with Gasteiger partial charge in [-0.2, -0.15) is 0 Å². The summed E-state index contributed by atoms with van der Waals surface area (Å²) in [5.74, 6) is 0.827. The highest BCUT2D eigenvalue weighted by molar-refractivity contribution is 6.06. The minimum Gasteiger partial charge on any atom is -0.292 e. The van der Waals surface area contributed by atoms with Gasteiger partial charge in [-0.15, -0.1) is 0 Å². The molecular weight excluding hydrogens is 454 g/mol. The highest BCUT2D eigenvalue weighted by atomic mass is 15.1. The zero-order chi connectivity index (χ0) is 24.6. The summed E-state index contributed by atoms with van der Waals surface area (Å²) in [6.45, 7) is 0. The Morgan fingerprint density at radius 3 is 1.81 bits per heavy atom. The van der Waals surface area contributed by atoms with E-state index in [4.69, 9.17) is 15.0 Å². The van der Waals surface area contributed by atoms with Gasteiger partial charge in [-0.25, -0.2) is 15.0 Å². The van der Waals surface area contributed by atoms with Crippen LogP contribution in [0.15, 0.2) is 128 Å². The summed E-state index contributed by atoms with van der Waals surface area (Å²) < 4.78 is 2.16. The molecular formula is C32H21N5. The maximum Gasteiger partial charge on any atom is 0.138 e. The van der Waals surface area contributed by atoms with Crippen LogP contribution in [0.25, 0.3) is 61.8 Å². The Balaban J connectivity index is 1.32. The van der Waals surface area contributed by atoms with E-state index in [1.165, 1.54) is 0 Å². The van der Waals surface area contributed by atoms with Crippen molar-refractivity contribution >= 4 is 21.9 Å². The highest BCUT2D eigenvalue weighted by Crippen LogP contribution is 2.31. The zero-order valence-electron chi connectivity index (χ0n) is 19.9. The van der Waals surface area contributed by atoms with Crippen LogP contribution in [0, 0.1) is 0 Å². The van der Waals surface area contributed by atoms with Crippen LogP contribution in [0.1, 0.15) is 0 Å². The third kappa shape index (κ3) is 3.74. The van der Waals surface area contributed by atoms with E-state index in [9.17, 15) is 0 Å². The van der Waals surface area contributed by atoms with Gasteiger partial charge in [-0.05, 0) is 54.6 Å². The van der Waals surface area contributed by atoms with Gasteiger partial charge in [0.05, 0.1) is 45.0 Å². The Labute approximate surface area is 213 Å². The monoisotopic (exact) mass is 475 g/mol. The molecule has 7 aromatic rings. The average molecular weight is 476 g/mol. The van der Waals surface area contributed by atoms with Crippen LogP contribution in [0.4, 0.5) is 0 Å². The molecule has 5 heteroatoms. The molecule has 0 unspecified atom stereocenters. The van der Waals surface area contributed by atoms with Gasteiger partial charge in [0.25, 0.3) is 0 Å². The first-order chi connectivity index (χ1) is 18.3. The Morgan fingerprint density at radius 1 is 0.432 bits per heavy atom. The Bertz CT molecular complexity index is 1840. The highest BCUT2D eigenvalue weighted by Gasteiger charge is 2.14. The van der Waals surface area contributed by atoms with E-state index < -0.39 is 0 Å². The topological polar surface area (TPSA) is 56.5 Å². The summed E-state index contributed by atoms with van der Waals surface area (Å²) in [5, 5.41) is 1.11. The molecule has 174 valence electrons. The lowest BCUT2D eigenvalue weighted by molar-refractivity contribution is 1.07. The van der Waals surface area contributed by atoms with Gasteiger partial charge < -0.3 is 0 Å². The standard InChI is InChI=1S/C32H21N5/c1-2-10-22(11-3-1)24-13-6-14-25(34-24)26-15-7-16-27(35-26)28-17-8-20-31(36-28)37-29-18-5-4-12-23(29)32-30(37)19-9-21-33-32/h1-21H. The van der Waals surface area contributed by atoms with E-state index in [0.29, 0.717) is 0 Å². The van der Waals surface area contributed by atoms with E-state index in [-0.39, 0.29) is 0 Å². The first kappa shape index (κ1) is 21.1. The fraction of sp³-hybridized carbons (Fsp3) is 0. The molecule has 0 radical (unpaired) electrons. The molecule has 5 aromatic heterocycles. The lowest BCUT2D eigenvalue weighted by atomic mass is 10.1. The molecule has 7 rings (SSSR count). The molecule has 0 aliphatic rings. The fourth-order valence-electron chi connectivity index (χ4n) is 4.79. The zero-order valence-corrected chi connectivity index (χ0v) is 19.9. The molecule has 0 saturated carbocycles. The van der Waals surface area contributed by atoms with E-state index in [1.54, 1.807) is 0 Å². The van der Waals surface area contributed by atoms with Crippen LogP contribution >= 0.6 is 0 Å². The number of rotatable bonds is 4. The number of pyridine rings is 4. The second kappa shape index (κ2) is 8.81. The van der Waals surface area contributed by atoms with E-state index >= 15 is 0 Å². The van der Waals surface area contributed by atoms with Gasteiger partial charge in [0.1, 0.15) is 5.82 Å². The van der Waals surface area contributed by atoms with Crippen LogP contribution in [-0.4, -0.2) is 24.5 Å². The third-order valence-electron chi connectivity index (χ3n) is 6.48. The molecule has 2 aromatic carbocycles. The van der Waals surface area contributed by atoms with Gasteiger partial charge in [0.2, 0.25) is 0 Å². The van der Waals surface area contributed by atoms with Crippen molar-refractivity contribution < 1.29 is 0 Å². The van der Waals surface area contributed by atoms with Gasteiger partial charge in [0, 0.05) is 17.1 Å². The van der Waals surface area contributed by atoms with Crippen molar-refractivity contribution in [1.82, 2.24) is 24.5 Å². The lowest BCUT2D eigenvalue weighted by Gasteiger charge is -2.10. The quantitative estimate of drug-likeness (QED) is 0.267. The average Bonchev–Trinajstić information content (AvgIpc) is 3.32. The van der Waals surface area contributed by atoms with E-state index in [1.807, 2.05) is 97.2 Å². The molecule has 37 heavy (non-hydrogen) atoms. The fourth-order valence-corrected chi connectivity index (χ4v) is 4.79. The number of fused-ring (bicyclic) bond motifs is 3. The molecule has 0 aliphatic carbocycles. The first-order valence-corrected chi connectivity index (χ1v) is 12.2. The van der Waals surface area contributed by atoms with Crippen LogP contribution < -0.4 is 0 Å². The van der Waals surface area contributed by atoms with Crippen molar-refractivity contribution in [2.75, 3.05) is 0 Å². The molecule has 0 bridgehead atoms. The van der Waals surface area contributed by atoms with Gasteiger partial charge in [-0.1, -0.05) is 66.7 Å². The Kier molecular flexibility index (Phi) is 5.03. The molecule has 5 nitrogen and oxygen atoms in total. The van der Waals surface area contributed by atoms with E-state index in [2.05, 4.69) is 39.9 Å². The normalized spacial score (nSPS) is 11.2. The van der Waals surface area contributed by atoms with Crippen LogP contribution in [0.5, 0.6) is 0 Å². The predicted octanol–water partition coefficient (Wildman–Crippen LogP) is 7.36. The summed E-state index contributed by atoms with van der Waals surface area (Å²) in [4.78, 5) is 19.5. The van der Waals surface area contributed by atoms with Crippen LogP contribution in [0.2, 0.25) is 0 Å². The van der Waals surface area contributed by atoms with Crippen molar-refractivity contribution in [3.8, 4) is 39.9 Å². The molecule has 0 aliphatic heterocycles. The maximum absolute atomic E-state index is 5.04. The summed E-state index contributed by atoms with van der Waals surface area (Å²) in [5.41, 5.74) is 8.30. The molecule has 0 amide bonds. The summed E-state index contributed by atoms with van der Waals surface area (Å²) in [6, 6.07) is 40.6. The molecule has 0 fully saturated rings. The predicted molar refractivity (Wildman–Crippen MR) is 148 cm³/mol. The summed E-state index contributed by atoms with van der Waals surface area (Å²) >= 11 is 0. The van der Waals surface area contributed by atoms with Crippen molar-refractivity contribution in [2.45, 2.75) is 0 Å². The minimum atomic E-state index is 0.796. The molecule has 0 atom stereocenters. The number of aromatic nitrogens is 5. The number of nitrogens with zero attached hydrogens (tertiary/aromatic N) is 5. The maximum atomic E-state index is 5.04. The van der Waals surface area contributed by atoms with Crippen LogP contribution in [0.3, 0.4) is 0 Å². The second-order valence-electron chi connectivity index (χ2n) is 8.79. The first-order valence-electron chi connectivity index (χ1n) is 12.2. The van der Waals surface area contributed by atoms with Crippen molar-refractivity contribution in [1.29, 1.82) is 0 Å². The Morgan fingerprint density at radius 2 is 1.03 bits per heavy atom. The number of para-hydroxylation sites is 1. The number of hydrogen-bond donors (Lipinski definition) is 0. The smallest absolute Gasteiger partial charge is 0.138 e. The summed E-state index contributed by atoms with van der Waals surface area (Å²) in [6.07, 6.45) is 1.83. The SMILES string of the molecule is c1ccc(-c2cccc(-c3cccc(-c4cccc(-n5c6ccccc6c6ncccc65)n4)n3)n2)cc1. The summed E-state index contributed by atoms with van der Waals surface area (Å²) in [7, 11) is 0. The Hall–Kier alpha value is -5.16. The van der Waals surface area contributed by atoms with E-state index in [0.717, 1.165) is 61.8 Å². The van der Waals surface area contributed by atoms with Crippen molar-refractivity contribution in [3.63, 3.8) is 0 Å². The largest absolute Gasteiger partial charge is 0.292 e. The minimum absolute atomic E-state index is 0.796. The number of benzene rings is 2. The molecule has 0 N–H and O–H groups in total. The number of hydrogen-bond acceptors (Lipinski definition) is 4. The van der Waals surface area contributed by atoms with Crippen molar-refractivity contribution in [3.05, 3.63) is 128 Å².